The molecule has 0 spiro atoms. The van der Waals surface area contributed by atoms with Crippen LogP contribution in [-0.2, 0) is 4.74 Å². The predicted octanol–water partition coefficient (Wildman–Crippen LogP) is 3.85. The van der Waals surface area contributed by atoms with E-state index >= 15 is 0 Å². The maximum Gasteiger partial charge on any atom is 0.407 e. The lowest BCUT2D eigenvalue weighted by molar-refractivity contribution is 0.0519. The third-order valence-electron chi connectivity index (χ3n) is 4.93. The van der Waals surface area contributed by atoms with E-state index in [2.05, 4.69) is 17.6 Å². The van der Waals surface area contributed by atoms with Crippen LogP contribution in [0.4, 0.5) is 4.79 Å². The molecule has 0 radical (unpaired) electrons. The summed E-state index contributed by atoms with van der Waals surface area (Å²) in [5.41, 5.74) is -0.425. The number of alkyl carbamates (subject to hydrolysis) is 1. The Bertz CT molecular complexity index is 353. The summed E-state index contributed by atoms with van der Waals surface area (Å²) in [6, 6.07) is 1.05. The Morgan fingerprint density at radius 1 is 1.14 bits per heavy atom. The van der Waals surface area contributed by atoms with Gasteiger partial charge in [-0.1, -0.05) is 13.3 Å². The molecule has 0 aliphatic heterocycles. The zero-order chi connectivity index (χ0) is 16.2. The largest absolute Gasteiger partial charge is 0.444 e. The Hall–Kier alpha value is -0.770. The minimum absolute atomic E-state index is 0.297. The highest BCUT2D eigenvalue weighted by molar-refractivity contribution is 5.67. The van der Waals surface area contributed by atoms with Crippen molar-refractivity contribution in [2.45, 2.75) is 90.3 Å². The van der Waals surface area contributed by atoms with Crippen LogP contribution in [-0.4, -0.2) is 30.3 Å². The molecule has 0 aromatic rings. The number of hydrogen-bond acceptors (Lipinski definition) is 3. The number of hydrogen-bond donors (Lipinski definition) is 2. The Kier molecular flexibility index (Phi) is 6.13. The van der Waals surface area contributed by atoms with E-state index in [0.29, 0.717) is 18.6 Å². The molecule has 2 saturated carbocycles. The van der Waals surface area contributed by atoms with Crippen molar-refractivity contribution in [3.8, 4) is 0 Å². The lowest BCUT2D eigenvalue weighted by atomic mass is 9.84. The number of rotatable bonds is 6. The summed E-state index contributed by atoms with van der Waals surface area (Å²) < 4.78 is 5.33. The van der Waals surface area contributed by atoms with Gasteiger partial charge in [0.2, 0.25) is 0 Å². The molecule has 0 heterocycles. The van der Waals surface area contributed by atoms with E-state index in [1.807, 2.05) is 20.8 Å². The lowest BCUT2D eigenvalue weighted by Gasteiger charge is -2.32. The zero-order valence-electron chi connectivity index (χ0n) is 14.8. The van der Waals surface area contributed by atoms with Crippen molar-refractivity contribution in [2.24, 2.45) is 11.8 Å². The van der Waals surface area contributed by atoms with E-state index in [9.17, 15) is 4.79 Å². The molecule has 1 atom stereocenters. The van der Waals surface area contributed by atoms with Crippen molar-refractivity contribution in [1.82, 2.24) is 10.6 Å². The Labute approximate surface area is 135 Å². The molecule has 0 aromatic heterocycles. The van der Waals surface area contributed by atoms with Crippen molar-refractivity contribution in [3.05, 3.63) is 0 Å². The van der Waals surface area contributed by atoms with Gasteiger partial charge in [-0.05, 0) is 71.1 Å². The monoisotopic (exact) mass is 310 g/mol. The van der Waals surface area contributed by atoms with E-state index in [4.69, 9.17) is 4.74 Å². The maximum atomic E-state index is 11.8. The molecule has 2 aliphatic carbocycles. The molecule has 0 saturated heterocycles. The number of amides is 1. The van der Waals surface area contributed by atoms with Crippen LogP contribution in [0.15, 0.2) is 0 Å². The minimum Gasteiger partial charge on any atom is -0.444 e. The number of nitrogens with one attached hydrogen (secondary N) is 2. The standard InChI is InChI=1S/C18H34N2O2/c1-5-13-6-10-15(11-7-13)20-16(14-8-9-14)12-19-17(21)22-18(2,3)4/h13-16,20H,5-12H2,1-4H3,(H,19,21). The molecule has 2 N–H and O–H groups in total. The molecule has 4 nitrogen and oxygen atoms in total. The highest BCUT2D eigenvalue weighted by atomic mass is 16.6. The SMILES string of the molecule is CCC1CCC(NC(CNC(=O)OC(C)(C)C)C2CC2)CC1. The number of carbonyl (C=O) groups is 1. The molecule has 2 fully saturated rings. The van der Waals surface area contributed by atoms with Crippen LogP contribution in [0.2, 0.25) is 0 Å². The summed E-state index contributed by atoms with van der Waals surface area (Å²) in [5, 5.41) is 6.76. The first kappa shape index (κ1) is 17.6. The van der Waals surface area contributed by atoms with Crippen LogP contribution in [0.3, 0.4) is 0 Å². The molecule has 128 valence electrons. The Morgan fingerprint density at radius 2 is 1.77 bits per heavy atom. The van der Waals surface area contributed by atoms with Crippen molar-refractivity contribution in [3.63, 3.8) is 0 Å². The maximum absolute atomic E-state index is 11.8. The molecule has 0 aromatic carbocycles. The Morgan fingerprint density at radius 3 is 2.27 bits per heavy atom. The van der Waals surface area contributed by atoms with E-state index in [0.717, 1.165) is 11.8 Å². The lowest BCUT2D eigenvalue weighted by Crippen LogP contribution is -2.48. The summed E-state index contributed by atoms with van der Waals surface area (Å²) in [7, 11) is 0. The van der Waals surface area contributed by atoms with Gasteiger partial charge in [0.15, 0.2) is 0 Å². The van der Waals surface area contributed by atoms with Crippen molar-refractivity contribution in [1.29, 1.82) is 0 Å². The predicted molar refractivity (Wildman–Crippen MR) is 89.9 cm³/mol. The van der Waals surface area contributed by atoms with Crippen LogP contribution in [0.5, 0.6) is 0 Å². The normalized spacial score (nSPS) is 27.3. The average Bonchev–Trinajstić information content (AvgIpc) is 3.26. The van der Waals surface area contributed by atoms with Gasteiger partial charge in [-0.3, -0.25) is 0 Å². The molecule has 4 heteroatoms. The van der Waals surface area contributed by atoms with Crippen molar-refractivity contribution >= 4 is 6.09 Å². The second kappa shape index (κ2) is 7.67. The molecule has 2 aliphatic rings. The topological polar surface area (TPSA) is 50.4 Å². The molecular weight excluding hydrogens is 276 g/mol. The first-order chi connectivity index (χ1) is 10.4. The first-order valence-electron chi connectivity index (χ1n) is 9.10. The molecule has 1 amide bonds. The van der Waals surface area contributed by atoms with E-state index in [-0.39, 0.29) is 6.09 Å². The van der Waals surface area contributed by atoms with Gasteiger partial charge in [0.1, 0.15) is 5.60 Å². The first-order valence-corrected chi connectivity index (χ1v) is 9.10. The summed E-state index contributed by atoms with van der Waals surface area (Å²) in [5.74, 6) is 1.66. The Balaban J connectivity index is 1.73. The molecule has 0 bridgehead atoms. The highest BCUT2D eigenvalue weighted by Crippen LogP contribution is 2.34. The average molecular weight is 310 g/mol. The van der Waals surface area contributed by atoms with Gasteiger partial charge in [-0.15, -0.1) is 0 Å². The third-order valence-corrected chi connectivity index (χ3v) is 4.93. The summed E-state index contributed by atoms with van der Waals surface area (Å²) in [6.45, 7) is 8.68. The van der Waals surface area contributed by atoms with Crippen molar-refractivity contribution < 1.29 is 9.53 Å². The van der Waals surface area contributed by atoms with Crippen LogP contribution in [0.25, 0.3) is 0 Å². The van der Waals surface area contributed by atoms with Crippen molar-refractivity contribution in [2.75, 3.05) is 6.54 Å². The van der Waals surface area contributed by atoms with Gasteiger partial charge >= 0.3 is 6.09 Å². The van der Waals surface area contributed by atoms with Crippen LogP contribution in [0, 0.1) is 11.8 Å². The van der Waals surface area contributed by atoms with Crippen LogP contribution < -0.4 is 10.6 Å². The second-order valence-corrected chi connectivity index (χ2v) is 8.12. The van der Waals surface area contributed by atoms with Gasteiger partial charge < -0.3 is 15.4 Å². The van der Waals surface area contributed by atoms with Crippen LogP contribution in [0.1, 0.15) is 72.6 Å². The second-order valence-electron chi connectivity index (χ2n) is 8.12. The van der Waals surface area contributed by atoms with Gasteiger partial charge in [0, 0.05) is 18.6 Å². The van der Waals surface area contributed by atoms with Gasteiger partial charge in [-0.25, -0.2) is 4.79 Å². The van der Waals surface area contributed by atoms with Gasteiger partial charge in [-0.2, -0.15) is 0 Å². The zero-order valence-corrected chi connectivity index (χ0v) is 14.8. The molecule has 22 heavy (non-hydrogen) atoms. The van der Waals surface area contributed by atoms with E-state index in [1.54, 1.807) is 0 Å². The third kappa shape index (κ3) is 6.15. The molecular formula is C18H34N2O2. The molecule has 1 unspecified atom stereocenters. The smallest absolute Gasteiger partial charge is 0.407 e. The fraction of sp³-hybridized carbons (Fsp3) is 0.944. The van der Waals surface area contributed by atoms with Gasteiger partial charge in [0.25, 0.3) is 0 Å². The molecule has 2 rings (SSSR count). The van der Waals surface area contributed by atoms with E-state index < -0.39 is 5.60 Å². The summed E-state index contributed by atoms with van der Waals surface area (Å²) in [4.78, 5) is 11.8. The highest BCUT2D eigenvalue weighted by Gasteiger charge is 2.33. The fourth-order valence-corrected chi connectivity index (χ4v) is 3.41. The van der Waals surface area contributed by atoms with Crippen LogP contribution >= 0.6 is 0 Å². The van der Waals surface area contributed by atoms with Gasteiger partial charge in [0.05, 0.1) is 0 Å². The number of carbonyl (C=O) groups excluding carboxylic acids is 1. The minimum atomic E-state index is -0.425. The van der Waals surface area contributed by atoms with E-state index in [1.165, 1.54) is 44.9 Å². The summed E-state index contributed by atoms with van der Waals surface area (Å²) in [6.07, 6.45) is 8.88. The fourth-order valence-electron chi connectivity index (χ4n) is 3.41. The quantitative estimate of drug-likeness (QED) is 0.783. The summed E-state index contributed by atoms with van der Waals surface area (Å²) >= 11 is 0. The number of ether oxygens (including phenoxy) is 1.